The predicted octanol–water partition coefficient (Wildman–Crippen LogP) is 3.36. The van der Waals surface area contributed by atoms with Crippen LogP contribution in [0.4, 0.5) is 5.69 Å². The fraction of sp³-hybridized carbons (Fsp3) is 0.250. The molecular weight excluding hydrogens is 286 g/mol. The van der Waals surface area contributed by atoms with Gasteiger partial charge in [0.25, 0.3) is 5.91 Å². The third kappa shape index (κ3) is 4.28. The number of aryl methyl sites for hydroxylation is 1. The molecule has 2 aromatic rings. The molecule has 0 atom stereocenters. The van der Waals surface area contributed by atoms with E-state index >= 15 is 0 Å². The minimum Gasteiger partial charge on any atom is -0.322 e. The Morgan fingerprint density at radius 2 is 1.95 bits per heavy atom. The highest BCUT2D eigenvalue weighted by molar-refractivity contribution is 6.34. The maximum Gasteiger partial charge on any atom is 0.258 e. The number of nitrogens with one attached hydrogen (secondary N) is 1. The molecule has 1 aromatic heterocycles. The predicted molar refractivity (Wildman–Crippen MR) is 85.8 cm³/mol. The highest BCUT2D eigenvalue weighted by Gasteiger charge is 2.11. The number of hydrogen-bond acceptors (Lipinski definition) is 3. The Balaban J connectivity index is 2.08. The van der Waals surface area contributed by atoms with Crippen molar-refractivity contribution in [2.24, 2.45) is 0 Å². The summed E-state index contributed by atoms with van der Waals surface area (Å²) in [5.74, 6) is -0.257. The fourth-order valence-electron chi connectivity index (χ4n) is 1.95. The van der Waals surface area contributed by atoms with Crippen molar-refractivity contribution in [1.29, 1.82) is 0 Å². The molecule has 1 heterocycles. The van der Waals surface area contributed by atoms with Crippen LogP contribution in [-0.4, -0.2) is 29.9 Å². The number of carbonyl (C=O) groups excluding carboxylic acids is 1. The third-order valence-electron chi connectivity index (χ3n) is 2.95. The van der Waals surface area contributed by atoms with E-state index in [2.05, 4.69) is 15.2 Å². The molecule has 0 aliphatic heterocycles. The molecule has 0 bridgehead atoms. The lowest BCUT2D eigenvalue weighted by Crippen LogP contribution is -2.13. The Labute approximate surface area is 129 Å². The van der Waals surface area contributed by atoms with Gasteiger partial charge in [0.1, 0.15) is 0 Å². The molecule has 0 saturated heterocycles. The molecule has 0 aliphatic carbocycles. The zero-order valence-electron chi connectivity index (χ0n) is 12.4. The average Bonchev–Trinajstić information content (AvgIpc) is 2.40. The van der Waals surface area contributed by atoms with E-state index in [1.807, 2.05) is 45.3 Å². The van der Waals surface area contributed by atoms with Gasteiger partial charge in [0.15, 0.2) is 0 Å². The molecule has 21 heavy (non-hydrogen) atoms. The number of amides is 1. The average molecular weight is 304 g/mol. The summed E-state index contributed by atoms with van der Waals surface area (Å²) in [6, 6.07) is 9.42. The molecular formula is C16H18ClN3O. The molecule has 1 N–H and O–H groups in total. The zero-order chi connectivity index (χ0) is 15.4. The van der Waals surface area contributed by atoms with Gasteiger partial charge >= 0.3 is 0 Å². The Morgan fingerprint density at radius 3 is 2.52 bits per heavy atom. The minimum atomic E-state index is -0.257. The standard InChI is InChI=1S/C16H18ClN3O/c1-11-8-15(17)14(9-18-11)16(21)19-13-6-4-12(5-7-13)10-20(2)3/h4-9H,10H2,1-3H3,(H,19,21). The normalized spacial score (nSPS) is 10.7. The molecule has 0 fully saturated rings. The van der Waals surface area contributed by atoms with Crippen LogP contribution in [0.5, 0.6) is 0 Å². The van der Waals surface area contributed by atoms with Crippen LogP contribution in [0.2, 0.25) is 5.02 Å². The van der Waals surface area contributed by atoms with Gasteiger partial charge in [-0.15, -0.1) is 0 Å². The van der Waals surface area contributed by atoms with Crippen LogP contribution < -0.4 is 5.32 Å². The van der Waals surface area contributed by atoms with E-state index in [4.69, 9.17) is 11.6 Å². The minimum absolute atomic E-state index is 0.257. The lowest BCUT2D eigenvalue weighted by molar-refractivity contribution is 0.102. The Bertz CT molecular complexity index is 638. The first-order valence-corrected chi connectivity index (χ1v) is 7.00. The Hall–Kier alpha value is -1.91. The third-order valence-corrected chi connectivity index (χ3v) is 3.26. The first kappa shape index (κ1) is 15.5. The summed E-state index contributed by atoms with van der Waals surface area (Å²) in [6.45, 7) is 2.69. The van der Waals surface area contributed by atoms with E-state index in [1.54, 1.807) is 6.07 Å². The number of carbonyl (C=O) groups is 1. The largest absolute Gasteiger partial charge is 0.322 e. The molecule has 0 saturated carbocycles. The van der Waals surface area contributed by atoms with Gasteiger partial charge in [-0.1, -0.05) is 23.7 Å². The van der Waals surface area contributed by atoms with Crippen molar-refractivity contribution in [3.05, 3.63) is 58.4 Å². The molecule has 1 amide bonds. The second kappa shape index (κ2) is 6.70. The number of hydrogen-bond donors (Lipinski definition) is 1. The van der Waals surface area contributed by atoms with Crippen molar-refractivity contribution in [3.8, 4) is 0 Å². The van der Waals surface area contributed by atoms with Gasteiger partial charge in [-0.2, -0.15) is 0 Å². The van der Waals surface area contributed by atoms with Gasteiger partial charge in [0, 0.05) is 24.1 Å². The molecule has 0 unspecified atom stereocenters. The van der Waals surface area contributed by atoms with Gasteiger partial charge in [-0.05, 0) is 44.8 Å². The highest BCUT2D eigenvalue weighted by Crippen LogP contribution is 2.18. The fourth-order valence-corrected chi connectivity index (χ4v) is 2.24. The summed E-state index contributed by atoms with van der Waals surface area (Å²) in [4.78, 5) is 18.4. The molecule has 0 spiro atoms. The molecule has 5 heteroatoms. The van der Waals surface area contributed by atoms with Gasteiger partial charge in [-0.25, -0.2) is 0 Å². The summed E-state index contributed by atoms with van der Waals surface area (Å²) in [5.41, 5.74) is 3.08. The summed E-state index contributed by atoms with van der Waals surface area (Å²) in [7, 11) is 4.03. The number of anilines is 1. The van der Waals surface area contributed by atoms with Gasteiger partial charge < -0.3 is 10.2 Å². The zero-order valence-corrected chi connectivity index (χ0v) is 13.1. The summed E-state index contributed by atoms with van der Waals surface area (Å²) >= 11 is 6.07. The topological polar surface area (TPSA) is 45.2 Å². The van der Waals surface area contributed by atoms with E-state index in [0.717, 1.165) is 17.9 Å². The van der Waals surface area contributed by atoms with E-state index in [-0.39, 0.29) is 5.91 Å². The van der Waals surface area contributed by atoms with Crippen LogP contribution >= 0.6 is 11.6 Å². The smallest absolute Gasteiger partial charge is 0.258 e. The first-order valence-electron chi connectivity index (χ1n) is 6.63. The molecule has 110 valence electrons. The van der Waals surface area contributed by atoms with E-state index in [0.29, 0.717) is 10.6 Å². The second-order valence-electron chi connectivity index (χ2n) is 5.19. The van der Waals surface area contributed by atoms with Gasteiger partial charge in [-0.3, -0.25) is 9.78 Å². The lowest BCUT2D eigenvalue weighted by atomic mass is 10.2. The Morgan fingerprint density at radius 1 is 1.29 bits per heavy atom. The summed E-state index contributed by atoms with van der Waals surface area (Å²) in [5, 5.41) is 3.23. The van der Waals surface area contributed by atoms with E-state index in [9.17, 15) is 4.79 Å². The molecule has 0 aliphatic rings. The number of rotatable bonds is 4. The molecule has 4 nitrogen and oxygen atoms in total. The SMILES string of the molecule is Cc1cc(Cl)c(C(=O)Nc2ccc(CN(C)C)cc2)cn1. The molecule has 1 aromatic carbocycles. The van der Waals surface area contributed by atoms with Crippen molar-refractivity contribution < 1.29 is 4.79 Å². The van der Waals surface area contributed by atoms with Crippen LogP contribution in [0.25, 0.3) is 0 Å². The van der Waals surface area contributed by atoms with Crippen LogP contribution in [-0.2, 0) is 6.54 Å². The first-order chi connectivity index (χ1) is 9.95. The van der Waals surface area contributed by atoms with E-state index < -0.39 is 0 Å². The van der Waals surface area contributed by atoms with Crippen LogP contribution in [0.3, 0.4) is 0 Å². The van der Waals surface area contributed by atoms with Crippen LogP contribution in [0.1, 0.15) is 21.6 Å². The van der Waals surface area contributed by atoms with Crippen molar-refractivity contribution >= 4 is 23.2 Å². The van der Waals surface area contributed by atoms with Crippen LogP contribution in [0.15, 0.2) is 36.5 Å². The van der Waals surface area contributed by atoms with Crippen molar-refractivity contribution in [1.82, 2.24) is 9.88 Å². The highest BCUT2D eigenvalue weighted by atomic mass is 35.5. The van der Waals surface area contributed by atoms with Crippen molar-refractivity contribution in [2.45, 2.75) is 13.5 Å². The van der Waals surface area contributed by atoms with Gasteiger partial charge in [0.05, 0.1) is 10.6 Å². The number of halogens is 1. The van der Waals surface area contributed by atoms with Crippen molar-refractivity contribution in [3.63, 3.8) is 0 Å². The quantitative estimate of drug-likeness (QED) is 0.942. The van der Waals surface area contributed by atoms with E-state index in [1.165, 1.54) is 11.8 Å². The number of nitrogens with zero attached hydrogens (tertiary/aromatic N) is 2. The maximum atomic E-state index is 12.2. The lowest BCUT2D eigenvalue weighted by Gasteiger charge is -2.11. The summed E-state index contributed by atoms with van der Waals surface area (Å²) in [6.07, 6.45) is 1.49. The maximum absolute atomic E-state index is 12.2. The molecule has 2 rings (SSSR count). The number of pyridine rings is 1. The molecule has 0 radical (unpaired) electrons. The number of benzene rings is 1. The second-order valence-corrected chi connectivity index (χ2v) is 5.60. The monoisotopic (exact) mass is 303 g/mol. The van der Waals surface area contributed by atoms with Crippen LogP contribution in [0, 0.1) is 6.92 Å². The Kier molecular flexibility index (Phi) is 4.94. The number of aromatic nitrogens is 1. The van der Waals surface area contributed by atoms with Gasteiger partial charge in [0.2, 0.25) is 0 Å². The van der Waals surface area contributed by atoms with Crippen molar-refractivity contribution in [2.75, 3.05) is 19.4 Å². The summed E-state index contributed by atoms with van der Waals surface area (Å²) < 4.78 is 0.